The fourth-order valence-corrected chi connectivity index (χ4v) is 3.91. The van der Waals surface area contributed by atoms with Crippen molar-refractivity contribution < 1.29 is 0 Å². The number of nitrogens with one attached hydrogen (secondary N) is 1. The van der Waals surface area contributed by atoms with Gasteiger partial charge in [-0.2, -0.15) is 0 Å². The van der Waals surface area contributed by atoms with Crippen LogP contribution in [0.4, 0.5) is 0 Å². The Balaban J connectivity index is 1.66. The van der Waals surface area contributed by atoms with Gasteiger partial charge in [-0.1, -0.05) is 31.2 Å². The number of hydrogen-bond donors (Lipinski definition) is 1. The molecule has 0 fully saturated rings. The molecule has 0 spiro atoms. The summed E-state index contributed by atoms with van der Waals surface area (Å²) in [6.07, 6.45) is 6.84. The molecule has 1 aromatic heterocycles. The molecule has 1 unspecified atom stereocenters. The molecule has 1 heterocycles. The van der Waals surface area contributed by atoms with E-state index in [-0.39, 0.29) is 0 Å². The van der Waals surface area contributed by atoms with Crippen LogP contribution in [-0.2, 0) is 19.4 Å². The second kappa shape index (κ2) is 6.51. The lowest BCUT2D eigenvalue weighted by atomic mass is 9.84. The topological polar surface area (TPSA) is 24.9 Å². The van der Waals surface area contributed by atoms with Crippen LogP contribution in [0.1, 0.15) is 46.7 Å². The van der Waals surface area contributed by atoms with Crippen molar-refractivity contribution in [2.45, 2.75) is 45.1 Å². The number of hydrogen-bond acceptors (Lipinski definition) is 3. The maximum absolute atomic E-state index is 4.67. The van der Waals surface area contributed by atoms with E-state index in [0.29, 0.717) is 5.92 Å². The molecule has 20 heavy (non-hydrogen) atoms. The molecule has 1 aromatic carbocycles. The van der Waals surface area contributed by atoms with Crippen molar-refractivity contribution >= 4 is 11.3 Å². The first-order valence-electron chi connectivity index (χ1n) is 7.59. The zero-order chi connectivity index (χ0) is 13.8. The highest BCUT2D eigenvalue weighted by Crippen LogP contribution is 2.34. The minimum absolute atomic E-state index is 0.620. The number of benzene rings is 1. The summed E-state index contributed by atoms with van der Waals surface area (Å²) >= 11 is 1.89. The monoisotopic (exact) mass is 286 g/mol. The number of fused-ring (bicyclic) bond motifs is 1. The molecule has 0 amide bonds. The highest BCUT2D eigenvalue weighted by atomic mass is 32.1. The number of nitrogens with zero attached hydrogens (tertiary/aromatic N) is 1. The molecule has 0 saturated heterocycles. The summed E-state index contributed by atoms with van der Waals surface area (Å²) in [6, 6.07) is 8.86. The van der Waals surface area contributed by atoms with Crippen LogP contribution < -0.4 is 5.32 Å². The average molecular weight is 286 g/mol. The molecule has 0 aliphatic heterocycles. The number of thiazole rings is 1. The van der Waals surface area contributed by atoms with Crippen LogP contribution >= 0.6 is 11.3 Å². The van der Waals surface area contributed by atoms with Gasteiger partial charge < -0.3 is 5.32 Å². The van der Waals surface area contributed by atoms with Crippen molar-refractivity contribution in [3.05, 3.63) is 51.5 Å². The Morgan fingerprint density at radius 1 is 1.30 bits per heavy atom. The summed E-state index contributed by atoms with van der Waals surface area (Å²) in [5, 5.41) is 4.78. The predicted molar refractivity (Wildman–Crippen MR) is 85.3 cm³/mol. The van der Waals surface area contributed by atoms with Crippen molar-refractivity contribution in [2.24, 2.45) is 0 Å². The highest BCUT2D eigenvalue weighted by Gasteiger charge is 2.22. The Morgan fingerprint density at radius 2 is 2.15 bits per heavy atom. The lowest BCUT2D eigenvalue weighted by molar-refractivity contribution is 0.582. The molecule has 1 aliphatic rings. The van der Waals surface area contributed by atoms with E-state index in [9.17, 15) is 0 Å². The van der Waals surface area contributed by atoms with Crippen molar-refractivity contribution in [3.8, 4) is 0 Å². The molecule has 2 nitrogen and oxygen atoms in total. The third-order valence-electron chi connectivity index (χ3n) is 3.99. The van der Waals surface area contributed by atoms with E-state index in [4.69, 9.17) is 0 Å². The van der Waals surface area contributed by atoms with Gasteiger partial charge in [0.2, 0.25) is 0 Å². The fourth-order valence-electron chi connectivity index (χ4n) is 2.89. The second-order valence-corrected chi connectivity index (χ2v) is 6.70. The molecule has 106 valence electrons. The molecule has 1 aliphatic carbocycles. The minimum Gasteiger partial charge on any atom is -0.312 e. The maximum atomic E-state index is 4.67. The Kier molecular flexibility index (Phi) is 4.48. The number of aromatic nitrogens is 1. The van der Waals surface area contributed by atoms with E-state index in [0.717, 1.165) is 19.5 Å². The van der Waals surface area contributed by atoms with Gasteiger partial charge in [-0.05, 0) is 43.4 Å². The molecule has 0 bridgehead atoms. The smallest absolute Gasteiger partial charge is 0.0962 e. The largest absolute Gasteiger partial charge is 0.312 e. The summed E-state index contributed by atoms with van der Waals surface area (Å²) < 4.78 is 0. The maximum Gasteiger partial charge on any atom is 0.0962 e. The van der Waals surface area contributed by atoms with Gasteiger partial charge in [0.1, 0.15) is 0 Å². The summed E-state index contributed by atoms with van der Waals surface area (Å²) in [6.45, 7) is 4.25. The Morgan fingerprint density at radius 3 is 3.00 bits per heavy atom. The summed E-state index contributed by atoms with van der Waals surface area (Å²) in [5.41, 5.74) is 3.05. The molecule has 1 N–H and O–H groups in total. The second-order valence-electron chi connectivity index (χ2n) is 5.55. The SMILES string of the molecule is CCCNCc1cnc(C2CCc3ccccc3C2)s1. The van der Waals surface area contributed by atoms with Crippen molar-refractivity contribution in [2.75, 3.05) is 6.54 Å². The minimum atomic E-state index is 0.620. The van der Waals surface area contributed by atoms with E-state index < -0.39 is 0 Å². The molecule has 2 aromatic rings. The summed E-state index contributed by atoms with van der Waals surface area (Å²) in [7, 11) is 0. The van der Waals surface area contributed by atoms with Crippen LogP contribution in [0.3, 0.4) is 0 Å². The first-order chi connectivity index (χ1) is 9.86. The molecule has 3 heteroatoms. The quantitative estimate of drug-likeness (QED) is 0.843. The van der Waals surface area contributed by atoms with Gasteiger partial charge in [0.25, 0.3) is 0 Å². The molecule has 1 atom stereocenters. The van der Waals surface area contributed by atoms with Crippen LogP contribution in [-0.4, -0.2) is 11.5 Å². The van der Waals surface area contributed by atoms with Gasteiger partial charge in [0, 0.05) is 23.5 Å². The van der Waals surface area contributed by atoms with E-state index in [1.54, 1.807) is 0 Å². The Bertz CT molecular complexity index is 562. The lowest BCUT2D eigenvalue weighted by Gasteiger charge is -2.22. The standard InChI is InChI=1S/C17H22N2S/c1-2-9-18-11-16-12-19-17(20-16)15-8-7-13-5-3-4-6-14(13)10-15/h3-6,12,15,18H,2,7-11H2,1H3. The third-order valence-corrected chi connectivity index (χ3v) is 5.15. The first kappa shape index (κ1) is 13.8. The predicted octanol–water partition coefficient (Wildman–Crippen LogP) is 3.92. The van der Waals surface area contributed by atoms with Gasteiger partial charge in [-0.25, -0.2) is 4.98 Å². The Labute approximate surface area is 125 Å². The molecular formula is C17H22N2S. The fraction of sp³-hybridized carbons (Fsp3) is 0.471. The van der Waals surface area contributed by atoms with Crippen LogP contribution in [0.2, 0.25) is 0 Å². The molecule has 0 saturated carbocycles. The van der Waals surface area contributed by atoms with E-state index in [1.165, 1.54) is 40.3 Å². The van der Waals surface area contributed by atoms with E-state index in [1.807, 2.05) is 11.3 Å². The Hall–Kier alpha value is -1.19. The first-order valence-corrected chi connectivity index (χ1v) is 8.40. The van der Waals surface area contributed by atoms with E-state index in [2.05, 4.69) is 47.7 Å². The van der Waals surface area contributed by atoms with E-state index >= 15 is 0 Å². The molecular weight excluding hydrogens is 264 g/mol. The molecule has 3 rings (SSSR count). The van der Waals surface area contributed by atoms with Crippen molar-refractivity contribution in [3.63, 3.8) is 0 Å². The zero-order valence-electron chi connectivity index (χ0n) is 12.1. The summed E-state index contributed by atoms with van der Waals surface area (Å²) in [5.74, 6) is 0.620. The van der Waals surface area contributed by atoms with Crippen LogP contribution in [0.25, 0.3) is 0 Å². The van der Waals surface area contributed by atoms with Crippen molar-refractivity contribution in [1.29, 1.82) is 0 Å². The average Bonchev–Trinajstić information content (AvgIpc) is 2.96. The van der Waals surface area contributed by atoms with Crippen LogP contribution in [0, 0.1) is 0 Å². The molecule has 0 radical (unpaired) electrons. The summed E-state index contributed by atoms with van der Waals surface area (Å²) in [4.78, 5) is 6.04. The van der Waals surface area contributed by atoms with Gasteiger partial charge in [-0.15, -0.1) is 11.3 Å². The number of aryl methyl sites for hydroxylation is 1. The van der Waals surface area contributed by atoms with Gasteiger partial charge in [0.05, 0.1) is 5.01 Å². The van der Waals surface area contributed by atoms with Crippen molar-refractivity contribution in [1.82, 2.24) is 10.3 Å². The van der Waals surface area contributed by atoms with Crippen LogP contribution in [0.5, 0.6) is 0 Å². The third kappa shape index (κ3) is 3.10. The van der Waals surface area contributed by atoms with Crippen LogP contribution in [0.15, 0.2) is 30.5 Å². The number of rotatable bonds is 5. The van der Waals surface area contributed by atoms with Gasteiger partial charge in [-0.3, -0.25) is 0 Å². The lowest BCUT2D eigenvalue weighted by Crippen LogP contribution is -2.13. The highest BCUT2D eigenvalue weighted by molar-refractivity contribution is 7.11. The van der Waals surface area contributed by atoms with Gasteiger partial charge >= 0.3 is 0 Å². The normalized spacial score (nSPS) is 17.9. The van der Waals surface area contributed by atoms with Gasteiger partial charge in [0.15, 0.2) is 0 Å². The zero-order valence-corrected chi connectivity index (χ0v) is 12.9.